The first kappa shape index (κ1) is 16.7. The first-order valence-corrected chi connectivity index (χ1v) is 8.41. The van der Waals surface area contributed by atoms with Crippen molar-refractivity contribution < 1.29 is 9.53 Å². The molecular formula is C18H23NO2S. The zero-order valence-corrected chi connectivity index (χ0v) is 14.2. The summed E-state index contributed by atoms with van der Waals surface area (Å²) in [5, 5.41) is 4.13. The van der Waals surface area contributed by atoms with E-state index in [0.29, 0.717) is 13.0 Å². The number of nitrogens with two attached hydrogens (primary N) is 1. The number of thiophene rings is 1. The van der Waals surface area contributed by atoms with Crippen molar-refractivity contribution in [3.8, 4) is 11.1 Å². The lowest BCUT2D eigenvalue weighted by molar-refractivity contribution is -0.156. The van der Waals surface area contributed by atoms with Crippen LogP contribution in [0.4, 0.5) is 0 Å². The van der Waals surface area contributed by atoms with Gasteiger partial charge in [-0.3, -0.25) is 4.79 Å². The normalized spacial score (nSPS) is 12.9. The van der Waals surface area contributed by atoms with E-state index in [9.17, 15) is 4.79 Å². The summed E-state index contributed by atoms with van der Waals surface area (Å²) in [4.78, 5) is 12.6. The SMILES string of the molecule is CC(C)(C)OC(=O)C(CCN)c1ccccc1-c1ccsc1. The summed E-state index contributed by atoms with van der Waals surface area (Å²) in [5.41, 5.74) is 8.43. The number of carbonyl (C=O) groups is 1. The highest BCUT2D eigenvalue weighted by Gasteiger charge is 2.28. The molecule has 1 unspecified atom stereocenters. The fourth-order valence-electron chi connectivity index (χ4n) is 2.42. The zero-order chi connectivity index (χ0) is 16.2. The summed E-state index contributed by atoms with van der Waals surface area (Å²) < 4.78 is 5.59. The number of benzene rings is 1. The number of esters is 1. The molecule has 0 radical (unpaired) electrons. The molecule has 0 saturated carbocycles. The summed E-state index contributed by atoms with van der Waals surface area (Å²) in [6.45, 7) is 6.10. The van der Waals surface area contributed by atoms with Gasteiger partial charge in [-0.05, 0) is 67.3 Å². The van der Waals surface area contributed by atoms with E-state index in [-0.39, 0.29) is 11.9 Å². The van der Waals surface area contributed by atoms with Gasteiger partial charge in [0.15, 0.2) is 0 Å². The van der Waals surface area contributed by atoms with Gasteiger partial charge in [-0.1, -0.05) is 24.3 Å². The fraction of sp³-hybridized carbons (Fsp3) is 0.389. The Bertz CT molecular complexity index is 614. The minimum atomic E-state index is -0.499. The van der Waals surface area contributed by atoms with Crippen molar-refractivity contribution >= 4 is 17.3 Å². The van der Waals surface area contributed by atoms with E-state index in [2.05, 4.69) is 11.4 Å². The number of ether oxygens (including phenoxy) is 1. The molecule has 0 saturated heterocycles. The van der Waals surface area contributed by atoms with E-state index >= 15 is 0 Å². The van der Waals surface area contributed by atoms with Crippen molar-refractivity contribution in [1.82, 2.24) is 0 Å². The molecule has 2 N–H and O–H groups in total. The second-order valence-corrected chi connectivity index (χ2v) is 7.04. The van der Waals surface area contributed by atoms with Gasteiger partial charge in [0.1, 0.15) is 5.60 Å². The van der Waals surface area contributed by atoms with Crippen molar-refractivity contribution in [2.75, 3.05) is 6.54 Å². The van der Waals surface area contributed by atoms with Crippen molar-refractivity contribution in [2.24, 2.45) is 5.73 Å². The van der Waals surface area contributed by atoms with Crippen LogP contribution in [-0.2, 0) is 9.53 Å². The summed E-state index contributed by atoms with van der Waals surface area (Å²) in [5.74, 6) is -0.541. The first-order valence-electron chi connectivity index (χ1n) is 7.47. The number of hydrogen-bond donors (Lipinski definition) is 1. The third-order valence-electron chi connectivity index (χ3n) is 3.32. The Labute approximate surface area is 136 Å². The molecule has 118 valence electrons. The maximum atomic E-state index is 12.6. The van der Waals surface area contributed by atoms with E-state index in [4.69, 9.17) is 10.5 Å². The molecule has 0 amide bonds. The van der Waals surface area contributed by atoms with E-state index < -0.39 is 5.60 Å². The lowest BCUT2D eigenvalue weighted by Gasteiger charge is -2.25. The van der Waals surface area contributed by atoms with E-state index in [1.54, 1.807) is 11.3 Å². The maximum Gasteiger partial charge on any atom is 0.314 e. The zero-order valence-electron chi connectivity index (χ0n) is 13.3. The van der Waals surface area contributed by atoms with Crippen LogP contribution in [0.25, 0.3) is 11.1 Å². The molecule has 1 atom stereocenters. The Morgan fingerprint density at radius 2 is 2.00 bits per heavy atom. The van der Waals surface area contributed by atoms with Crippen molar-refractivity contribution in [1.29, 1.82) is 0 Å². The summed E-state index contributed by atoms with van der Waals surface area (Å²) in [7, 11) is 0. The number of hydrogen-bond acceptors (Lipinski definition) is 4. The third kappa shape index (κ3) is 4.18. The quantitative estimate of drug-likeness (QED) is 0.841. The van der Waals surface area contributed by atoms with Gasteiger partial charge < -0.3 is 10.5 Å². The molecule has 1 heterocycles. The average molecular weight is 317 g/mol. The molecule has 22 heavy (non-hydrogen) atoms. The standard InChI is InChI=1S/C18H23NO2S/c1-18(2,3)21-17(20)16(8-10-19)15-7-5-4-6-14(15)13-9-11-22-12-13/h4-7,9,11-12,16H,8,10,19H2,1-3H3. The Kier molecular flexibility index (Phi) is 5.37. The van der Waals surface area contributed by atoms with Gasteiger partial charge in [0.05, 0.1) is 5.92 Å². The average Bonchev–Trinajstić information content (AvgIpc) is 2.97. The van der Waals surface area contributed by atoms with Crippen LogP contribution >= 0.6 is 11.3 Å². The van der Waals surface area contributed by atoms with Crippen LogP contribution in [0.2, 0.25) is 0 Å². The van der Waals surface area contributed by atoms with Crippen LogP contribution in [0.5, 0.6) is 0 Å². The lowest BCUT2D eigenvalue weighted by Crippen LogP contribution is -2.29. The van der Waals surface area contributed by atoms with E-state index in [0.717, 1.165) is 16.7 Å². The number of rotatable bonds is 5. The lowest BCUT2D eigenvalue weighted by atomic mass is 9.89. The molecule has 0 aliphatic carbocycles. The minimum absolute atomic E-state index is 0.208. The Hall–Kier alpha value is -1.65. The molecule has 1 aromatic heterocycles. The Morgan fingerprint density at radius 1 is 1.27 bits per heavy atom. The largest absolute Gasteiger partial charge is 0.459 e. The van der Waals surface area contributed by atoms with Crippen LogP contribution in [-0.4, -0.2) is 18.1 Å². The smallest absolute Gasteiger partial charge is 0.314 e. The van der Waals surface area contributed by atoms with Gasteiger partial charge in [-0.25, -0.2) is 0 Å². The number of carbonyl (C=O) groups excluding carboxylic acids is 1. The van der Waals surface area contributed by atoms with Crippen molar-refractivity contribution in [3.05, 3.63) is 46.7 Å². The van der Waals surface area contributed by atoms with Gasteiger partial charge in [0.25, 0.3) is 0 Å². The molecule has 4 heteroatoms. The Morgan fingerprint density at radius 3 is 2.59 bits per heavy atom. The molecule has 2 rings (SSSR count). The summed E-state index contributed by atoms with van der Waals surface area (Å²) >= 11 is 1.65. The highest BCUT2D eigenvalue weighted by Crippen LogP contribution is 2.33. The molecule has 1 aromatic carbocycles. The van der Waals surface area contributed by atoms with E-state index in [1.807, 2.05) is 50.4 Å². The van der Waals surface area contributed by atoms with Crippen molar-refractivity contribution in [3.63, 3.8) is 0 Å². The van der Waals surface area contributed by atoms with Crippen LogP contribution in [0.3, 0.4) is 0 Å². The highest BCUT2D eigenvalue weighted by atomic mass is 32.1. The predicted molar refractivity (Wildman–Crippen MR) is 92.0 cm³/mol. The highest BCUT2D eigenvalue weighted by molar-refractivity contribution is 7.08. The maximum absolute atomic E-state index is 12.6. The van der Waals surface area contributed by atoms with Crippen molar-refractivity contribution in [2.45, 2.75) is 38.7 Å². The molecule has 0 bridgehead atoms. The minimum Gasteiger partial charge on any atom is -0.459 e. The van der Waals surface area contributed by atoms with Crippen LogP contribution in [0.15, 0.2) is 41.1 Å². The first-order chi connectivity index (χ1) is 10.4. The van der Waals surface area contributed by atoms with Crippen LogP contribution in [0, 0.1) is 0 Å². The molecule has 0 aliphatic rings. The van der Waals surface area contributed by atoms with Gasteiger partial charge in [-0.2, -0.15) is 11.3 Å². The molecule has 3 nitrogen and oxygen atoms in total. The topological polar surface area (TPSA) is 52.3 Å². The van der Waals surface area contributed by atoms with Gasteiger partial charge >= 0.3 is 5.97 Å². The molecule has 0 aliphatic heterocycles. The molecule has 0 fully saturated rings. The molecule has 0 spiro atoms. The monoisotopic (exact) mass is 317 g/mol. The fourth-order valence-corrected chi connectivity index (χ4v) is 3.08. The second kappa shape index (κ2) is 7.07. The van der Waals surface area contributed by atoms with Crippen LogP contribution < -0.4 is 5.73 Å². The Balaban J connectivity index is 2.39. The molecule has 2 aromatic rings. The van der Waals surface area contributed by atoms with Gasteiger partial charge in [0.2, 0.25) is 0 Å². The third-order valence-corrected chi connectivity index (χ3v) is 4.00. The van der Waals surface area contributed by atoms with Gasteiger partial charge in [-0.15, -0.1) is 0 Å². The second-order valence-electron chi connectivity index (χ2n) is 6.26. The van der Waals surface area contributed by atoms with Gasteiger partial charge in [0, 0.05) is 0 Å². The van der Waals surface area contributed by atoms with Crippen LogP contribution in [0.1, 0.15) is 38.7 Å². The van der Waals surface area contributed by atoms with E-state index in [1.165, 1.54) is 0 Å². The predicted octanol–water partition coefficient (Wildman–Crippen LogP) is 4.19. The summed E-state index contributed by atoms with van der Waals surface area (Å²) in [6.07, 6.45) is 0.579. The molecular weight excluding hydrogens is 294 g/mol. The summed E-state index contributed by atoms with van der Waals surface area (Å²) in [6, 6.07) is 10.1.